The Bertz CT molecular complexity index is 785. The third-order valence-corrected chi connectivity index (χ3v) is 4.54. The Labute approximate surface area is 134 Å². The molecule has 1 N–H and O–H groups in total. The van der Waals surface area contributed by atoms with E-state index in [4.69, 9.17) is 4.74 Å². The largest absolute Gasteiger partial charge is 0.495 e. The predicted octanol–water partition coefficient (Wildman–Crippen LogP) is 0.247. The molecule has 1 amide bonds. The van der Waals surface area contributed by atoms with Crippen molar-refractivity contribution in [3.05, 3.63) is 36.7 Å². The van der Waals surface area contributed by atoms with E-state index in [-0.39, 0.29) is 23.1 Å². The molecule has 2 aromatic rings. The van der Waals surface area contributed by atoms with Crippen molar-refractivity contribution in [2.75, 3.05) is 27.7 Å². The van der Waals surface area contributed by atoms with Crippen LogP contribution in [0.5, 0.6) is 5.75 Å². The number of sulfonamides is 1. The van der Waals surface area contributed by atoms with Crippen molar-refractivity contribution in [2.24, 2.45) is 0 Å². The summed E-state index contributed by atoms with van der Waals surface area (Å²) in [6.07, 6.45) is 3.29. The SMILES string of the molecule is COc1ccc(-n2cccn2)cc1S(=O)(=O)NCC(=O)N(C)C. The monoisotopic (exact) mass is 338 g/mol. The van der Waals surface area contributed by atoms with Crippen molar-refractivity contribution >= 4 is 15.9 Å². The minimum atomic E-state index is -3.91. The lowest BCUT2D eigenvalue weighted by Gasteiger charge is -2.14. The fourth-order valence-corrected chi connectivity index (χ4v) is 2.99. The van der Waals surface area contributed by atoms with Crippen LogP contribution in [0.15, 0.2) is 41.6 Å². The molecule has 124 valence electrons. The Morgan fingerprint density at radius 1 is 1.39 bits per heavy atom. The van der Waals surface area contributed by atoms with Crippen molar-refractivity contribution in [1.29, 1.82) is 0 Å². The summed E-state index contributed by atoms with van der Waals surface area (Å²) < 4.78 is 33.9. The van der Waals surface area contributed by atoms with Gasteiger partial charge in [0.25, 0.3) is 0 Å². The molecule has 8 nitrogen and oxygen atoms in total. The van der Waals surface area contributed by atoms with Crippen LogP contribution in [0.4, 0.5) is 0 Å². The van der Waals surface area contributed by atoms with Gasteiger partial charge in [-0.3, -0.25) is 4.79 Å². The molecule has 0 aliphatic rings. The first-order valence-corrected chi connectivity index (χ1v) is 8.21. The van der Waals surface area contributed by atoms with Crippen LogP contribution < -0.4 is 9.46 Å². The van der Waals surface area contributed by atoms with E-state index in [1.54, 1.807) is 44.7 Å². The highest BCUT2D eigenvalue weighted by Gasteiger charge is 2.21. The zero-order valence-electron chi connectivity index (χ0n) is 13.1. The molecule has 1 aromatic carbocycles. The maximum atomic E-state index is 12.5. The number of benzene rings is 1. The standard InChI is InChI=1S/C14H18N4O4S/c1-17(2)14(19)10-16-23(20,21)13-9-11(5-6-12(13)22-3)18-8-4-7-15-18/h4-9,16H,10H2,1-3H3. The highest BCUT2D eigenvalue weighted by Crippen LogP contribution is 2.26. The Balaban J connectivity index is 2.36. The molecule has 0 atom stereocenters. The van der Waals surface area contributed by atoms with Gasteiger partial charge in [0.2, 0.25) is 15.9 Å². The third kappa shape index (κ3) is 3.88. The molecular weight excluding hydrogens is 320 g/mol. The van der Waals surface area contributed by atoms with Gasteiger partial charge in [-0.25, -0.2) is 17.8 Å². The summed E-state index contributed by atoms with van der Waals surface area (Å²) in [5.41, 5.74) is 0.565. The zero-order valence-corrected chi connectivity index (χ0v) is 13.9. The number of ether oxygens (including phenoxy) is 1. The molecule has 2 rings (SSSR count). The molecule has 0 aliphatic heterocycles. The molecule has 1 heterocycles. The van der Waals surface area contributed by atoms with Crippen LogP contribution in [0, 0.1) is 0 Å². The molecule has 23 heavy (non-hydrogen) atoms. The second kappa shape index (κ2) is 6.80. The van der Waals surface area contributed by atoms with Gasteiger partial charge >= 0.3 is 0 Å². The molecule has 0 spiro atoms. The summed E-state index contributed by atoms with van der Waals surface area (Å²) in [6, 6.07) is 6.40. The first kappa shape index (κ1) is 17.0. The fraction of sp³-hybridized carbons (Fsp3) is 0.286. The first-order valence-electron chi connectivity index (χ1n) is 6.73. The number of likely N-dealkylation sites (N-methyl/N-ethyl adjacent to an activating group) is 1. The Morgan fingerprint density at radius 3 is 2.70 bits per heavy atom. The average Bonchev–Trinajstić information content (AvgIpc) is 3.06. The summed E-state index contributed by atoms with van der Waals surface area (Å²) in [7, 11) is 0.575. The van der Waals surface area contributed by atoms with Crippen LogP contribution in [0.1, 0.15) is 0 Å². The Morgan fingerprint density at radius 2 is 2.13 bits per heavy atom. The molecular formula is C14H18N4O4S. The molecule has 0 unspecified atom stereocenters. The van der Waals surface area contributed by atoms with Crippen LogP contribution in [0.25, 0.3) is 5.69 Å². The Hall–Kier alpha value is -2.39. The van der Waals surface area contributed by atoms with Gasteiger partial charge < -0.3 is 9.64 Å². The summed E-state index contributed by atoms with van der Waals surface area (Å²) >= 11 is 0. The van der Waals surface area contributed by atoms with E-state index in [0.717, 1.165) is 0 Å². The lowest BCUT2D eigenvalue weighted by Crippen LogP contribution is -2.36. The van der Waals surface area contributed by atoms with Crippen LogP contribution in [0.3, 0.4) is 0 Å². The van der Waals surface area contributed by atoms with Gasteiger partial charge in [-0.2, -0.15) is 5.10 Å². The van der Waals surface area contributed by atoms with Crippen LogP contribution >= 0.6 is 0 Å². The smallest absolute Gasteiger partial charge is 0.244 e. The highest BCUT2D eigenvalue weighted by molar-refractivity contribution is 7.89. The number of hydrogen-bond donors (Lipinski definition) is 1. The molecule has 0 saturated carbocycles. The minimum absolute atomic E-state index is 0.0560. The van der Waals surface area contributed by atoms with Gasteiger partial charge in [0.1, 0.15) is 10.6 Å². The van der Waals surface area contributed by atoms with E-state index in [1.165, 1.54) is 22.8 Å². The normalized spacial score (nSPS) is 11.3. The van der Waals surface area contributed by atoms with Crippen molar-refractivity contribution in [3.63, 3.8) is 0 Å². The van der Waals surface area contributed by atoms with Crippen LogP contribution in [-0.2, 0) is 14.8 Å². The van der Waals surface area contributed by atoms with Gasteiger partial charge in [-0.05, 0) is 24.3 Å². The van der Waals surface area contributed by atoms with Gasteiger partial charge in [0.15, 0.2) is 0 Å². The fourth-order valence-electron chi connectivity index (χ4n) is 1.83. The molecule has 9 heteroatoms. The number of carbonyl (C=O) groups excluding carboxylic acids is 1. The lowest BCUT2D eigenvalue weighted by atomic mass is 10.3. The van der Waals surface area contributed by atoms with Gasteiger partial charge in [0, 0.05) is 26.5 Å². The number of methoxy groups -OCH3 is 1. The van der Waals surface area contributed by atoms with E-state index in [9.17, 15) is 13.2 Å². The molecule has 0 fully saturated rings. The molecule has 0 radical (unpaired) electrons. The van der Waals surface area contributed by atoms with Gasteiger partial charge in [-0.15, -0.1) is 0 Å². The number of nitrogens with zero attached hydrogens (tertiary/aromatic N) is 3. The van der Waals surface area contributed by atoms with E-state index in [1.807, 2.05) is 0 Å². The first-order chi connectivity index (χ1) is 10.8. The second-order valence-electron chi connectivity index (χ2n) is 4.90. The van der Waals surface area contributed by atoms with Gasteiger partial charge in [-0.1, -0.05) is 0 Å². The summed E-state index contributed by atoms with van der Waals surface area (Å²) in [4.78, 5) is 12.8. The minimum Gasteiger partial charge on any atom is -0.495 e. The van der Waals surface area contributed by atoms with Crippen LogP contribution in [0.2, 0.25) is 0 Å². The Kier molecular flexibility index (Phi) is 5.02. The number of hydrogen-bond acceptors (Lipinski definition) is 5. The van der Waals surface area contributed by atoms with Crippen molar-refractivity contribution < 1.29 is 17.9 Å². The topological polar surface area (TPSA) is 93.5 Å². The predicted molar refractivity (Wildman–Crippen MR) is 84.0 cm³/mol. The second-order valence-corrected chi connectivity index (χ2v) is 6.63. The molecule has 1 aromatic heterocycles. The van der Waals surface area contributed by atoms with E-state index in [2.05, 4.69) is 9.82 Å². The number of rotatable bonds is 6. The maximum absolute atomic E-state index is 12.5. The number of amides is 1. The molecule has 0 bridgehead atoms. The quantitative estimate of drug-likeness (QED) is 0.815. The average molecular weight is 338 g/mol. The van der Waals surface area contributed by atoms with Crippen molar-refractivity contribution in [2.45, 2.75) is 4.90 Å². The third-order valence-electron chi connectivity index (χ3n) is 3.12. The van der Waals surface area contributed by atoms with Crippen molar-refractivity contribution in [1.82, 2.24) is 19.4 Å². The van der Waals surface area contributed by atoms with Gasteiger partial charge in [0.05, 0.1) is 19.3 Å². The van der Waals surface area contributed by atoms with E-state index < -0.39 is 10.0 Å². The molecule has 0 saturated heterocycles. The van der Waals surface area contributed by atoms with Crippen molar-refractivity contribution in [3.8, 4) is 11.4 Å². The van der Waals surface area contributed by atoms with E-state index in [0.29, 0.717) is 5.69 Å². The number of aromatic nitrogens is 2. The zero-order chi connectivity index (χ0) is 17.0. The van der Waals surface area contributed by atoms with Crippen LogP contribution in [-0.4, -0.2) is 56.8 Å². The highest BCUT2D eigenvalue weighted by atomic mass is 32.2. The van der Waals surface area contributed by atoms with E-state index >= 15 is 0 Å². The molecule has 0 aliphatic carbocycles. The number of nitrogens with one attached hydrogen (secondary N) is 1. The number of carbonyl (C=O) groups is 1. The maximum Gasteiger partial charge on any atom is 0.244 e. The summed E-state index contributed by atoms with van der Waals surface area (Å²) in [5, 5.41) is 4.06. The summed E-state index contributed by atoms with van der Waals surface area (Å²) in [6.45, 7) is -0.329. The lowest BCUT2D eigenvalue weighted by molar-refractivity contribution is -0.127. The summed E-state index contributed by atoms with van der Waals surface area (Å²) in [5.74, 6) is -0.165.